The van der Waals surface area contributed by atoms with Crippen LogP contribution >= 0.6 is 0 Å². The van der Waals surface area contributed by atoms with E-state index in [0.29, 0.717) is 0 Å². The summed E-state index contributed by atoms with van der Waals surface area (Å²) in [6.07, 6.45) is 7.07. The lowest BCUT2D eigenvalue weighted by molar-refractivity contribution is 0.473. The van der Waals surface area contributed by atoms with Gasteiger partial charge in [0.05, 0.1) is 5.52 Å². The van der Waals surface area contributed by atoms with E-state index < -0.39 is 0 Å². The van der Waals surface area contributed by atoms with Gasteiger partial charge in [-0.05, 0) is 24.5 Å². The number of para-hydroxylation sites is 1. The van der Waals surface area contributed by atoms with E-state index in [0.717, 1.165) is 18.0 Å². The Kier molecular flexibility index (Phi) is 5.20. The van der Waals surface area contributed by atoms with Crippen molar-refractivity contribution in [2.45, 2.75) is 39.5 Å². The van der Waals surface area contributed by atoms with E-state index in [9.17, 15) is 0 Å². The Hall–Kier alpha value is -1.57. The molecule has 0 radical (unpaired) electrons. The maximum Gasteiger partial charge on any atom is 0.0722 e. The largest absolute Gasteiger partial charge is 0.384 e. The summed E-state index contributed by atoms with van der Waals surface area (Å²) in [5.74, 6) is 0.770. The molecule has 0 aliphatic heterocycles. The van der Waals surface area contributed by atoms with Gasteiger partial charge in [0.15, 0.2) is 0 Å². The topological polar surface area (TPSA) is 24.9 Å². The number of nitrogens with zero attached hydrogens (tertiary/aromatic N) is 1. The molecule has 102 valence electrons. The van der Waals surface area contributed by atoms with Crippen LogP contribution in [-0.4, -0.2) is 11.5 Å². The van der Waals surface area contributed by atoms with Crippen LogP contribution in [-0.2, 0) is 0 Å². The molecule has 0 aliphatic rings. The predicted octanol–water partition coefficient (Wildman–Crippen LogP) is 4.86. The number of aromatic nitrogens is 1. The molecule has 0 saturated carbocycles. The molecule has 2 rings (SSSR count). The number of unbranched alkanes of at least 4 members (excludes halogenated alkanes) is 1. The monoisotopic (exact) mass is 256 g/mol. The molecule has 0 fully saturated rings. The molecule has 0 bridgehead atoms. The third-order valence-corrected chi connectivity index (χ3v) is 3.77. The van der Waals surface area contributed by atoms with Gasteiger partial charge in [-0.2, -0.15) is 0 Å². The van der Waals surface area contributed by atoms with Gasteiger partial charge < -0.3 is 5.32 Å². The zero-order chi connectivity index (χ0) is 13.5. The predicted molar refractivity (Wildman–Crippen MR) is 83.5 cm³/mol. The van der Waals surface area contributed by atoms with Gasteiger partial charge in [-0.3, -0.25) is 4.98 Å². The number of nitrogens with one attached hydrogen (secondary N) is 1. The first kappa shape index (κ1) is 13.9. The Bertz CT molecular complexity index is 502. The summed E-state index contributed by atoms with van der Waals surface area (Å²) >= 11 is 0. The van der Waals surface area contributed by atoms with Crippen LogP contribution < -0.4 is 5.32 Å². The highest BCUT2D eigenvalue weighted by Crippen LogP contribution is 2.22. The maximum absolute atomic E-state index is 4.40. The number of anilines is 1. The lowest BCUT2D eigenvalue weighted by Crippen LogP contribution is -2.13. The third-order valence-electron chi connectivity index (χ3n) is 3.77. The first-order valence-electron chi connectivity index (χ1n) is 7.42. The van der Waals surface area contributed by atoms with Crippen molar-refractivity contribution in [3.8, 4) is 0 Å². The van der Waals surface area contributed by atoms with Crippen molar-refractivity contribution in [3.63, 3.8) is 0 Å². The molecule has 1 aromatic heterocycles. The molecule has 2 nitrogen and oxygen atoms in total. The highest BCUT2D eigenvalue weighted by atomic mass is 14.9. The Labute approximate surface area is 116 Å². The molecule has 0 saturated heterocycles. The second kappa shape index (κ2) is 7.13. The summed E-state index contributed by atoms with van der Waals surface area (Å²) in [5, 5.41) is 4.83. The summed E-state index contributed by atoms with van der Waals surface area (Å²) in [5.41, 5.74) is 2.27. The zero-order valence-electron chi connectivity index (χ0n) is 12.0. The maximum atomic E-state index is 4.40. The van der Waals surface area contributed by atoms with Crippen molar-refractivity contribution in [1.29, 1.82) is 0 Å². The summed E-state index contributed by atoms with van der Waals surface area (Å²) in [4.78, 5) is 4.40. The molecule has 2 heteroatoms. The molecule has 1 atom stereocenters. The van der Waals surface area contributed by atoms with Crippen molar-refractivity contribution in [3.05, 3.63) is 36.5 Å². The lowest BCUT2D eigenvalue weighted by Gasteiger charge is -2.17. The molecule has 1 aromatic carbocycles. The molecule has 0 amide bonds. The van der Waals surface area contributed by atoms with Crippen LogP contribution in [0.3, 0.4) is 0 Å². The number of hydrogen-bond acceptors (Lipinski definition) is 2. The molecule has 1 heterocycles. The molecule has 0 spiro atoms. The van der Waals surface area contributed by atoms with Crippen molar-refractivity contribution in [1.82, 2.24) is 4.98 Å². The van der Waals surface area contributed by atoms with E-state index in [2.05, 4.69) is 48.4 Å². The summed E-state index contributed by atoms with van der Waals surface area (Å²) in [7, 11) is 0. The van der Waals surface area contributed by atoms with Crippen LogP contribution in [0.2, 0.25) is 0 Å². The Morgan fingerprint density at radius 1 is 1.16 bits per heavy atom. The second-order valence-electron chi connectivity index (χ2n) is 5.17. The number of rotatable bonds is 7. The average molecular weight is 256 g/mol. The van der Waals surface area contributed by atoms with Gasteiger partial charge in [0.2, 0.25) is 0 Å². The number of benzene rings is 1. The van der Waals surface area contributed by atoms with Gasteiger partial charge >= 0.3 is 0 Å². The first-order chi connectivity index (χ1) is 9.35. The smallest absolute Gasteiger partial charge is 0.0722 e. The average Bonchev–Trinajstić information content (AvgIpc) is 2.47. The Morgan fingerprint density at radius 2 is 2.00 bits per heavy atom. The standard InChI is InChI=1S/C17H24N2/c1-3-5-8-14(4-2)13-19-17-11-12-18-16-10-7-6-9-15(16)17/h6-7,9-12,14H,3-5,8,13H2,1-2H3,(H,18,19). The zero-order valence-corrected chi connectivity index (χ0v) is 12.0. The van der Waals surface area contributed by atoms with Gasteiger partial charge in [-0.15, -0.1) is 0 Å². The van der Waals surface area contributed by atoms with E-state index >= 15 is 0 Å². The Morgan fingerprint density at radius 3 is 2.79 bits per heavy atom. The molecular weight excluding hydrogens is 232 g/mol. The quantitative estimate of drug-likeness (QED) is 0.765. The highest BCUT2D eigenvalue weighted by Gasteiger charge is 2.07. The number of pyridine rings is 1. The normalized spacial score (nSPS) is 12.5. The van der Waals surface area contributed by atoms with Crippen molar-refractivity contribution >= 4 is 16.6 Å². The molecular formula is C17H24N2. The van der Waals surface area contributed by atoms with Crippen LogP contribution in [0.15, 0.2) is 36.5 Å². The van der Waals surface area contributed by atoms with Gasteiger partial charge in [0.25, 0.3) is 0 Å². The van der Waals surface area contributed by atoms with E-state index in [1.165, 1.54) is 36.8 Å². The molecule has 2 aromatic rings. The number of fused-ring (bicyclic) bond motifs is 1. The van der Waals surface area contributed by atoms with E-state index in [4.69, 9.17) is 0 Å². The van der Waals surface area contributed by atoms with Crippen LogP contribution in [0.5, 0.6) is 0 Å². The minimum absolute atomic E-state index is 0.770. The summed E-state index contributed by atoms with van der Waals surface area (Å²) < 4.78 is 0. The molecule has 1 N–H and O–H groups in total. The highest BCUT2D eigenvalue weighted by molar-refractivity contribution is 5.90. The Balaban J connectivity index is 2.04. The lowest BCUT2D eigenvalue weighted by atomic mass is 9.99. The summed E-state index contributed by atoms with van der Waals surface area (Å²) in [6.45, 7) is 5.60. The fourth-order valence-electron chi connectivity index (χ4n) is 2.45. The van der Waals surface area contributed by atoms with Crippen molar-refractivity contribution in [2.24, 2.45) is 5.92 Å². The van der Waals surface area contributed by atoms with Gasteiger partial charge in [-0.1, -0.05) is 51.3 Å². The van der Waals surface area contributed by atoms with Crippen molar-refractivity contribution in [2.75, 3.05) is 11.9 Å². The first-order valence-corrected chi connectivity index (χ1v) is 7.42. The van der Waals surface area contributed by atoms with Gasteiger partial charge in [0.1, 0.15) is 0 Å². The van der Waals surface area contributed by atoms with Gasteiger partial charge in [0, 0.05) is 23.8 Å². The second-order valence-corrected chi connectivity index (χ2v) is 5.17. The van der Waals surface area contributed by atoms with Crippen LogP contribution in [0.25, 0.3) is 10.9 Å². The fraction of sp³-hybridized carbons (Fsp3) is 0.471. The SMILES string of the molecule is CCCCC(CC)CNc1ccnc2ccccc12. The van der Waals surface area contributed by atoms with Crippen molar-refractivity contribution < 1.29 is 0 Å². The fourth-order valence-corrected chi connectivity index (χ4v) is 2.45. The van der Waals surface area contributed by atoms with Crippen LogP contribution in [0.4, 0.5) is 5.69 Å². The van der Waals surface area contributed by atoms with Crippen LogP contribution in [0.1, 0.15) is 39.5 Å². The minimum atomic E-state index is 0.770. The van der Waals surface area contributed by atoms with E-state index in [1.807, 2.05) is 12.3 Å². The molecule has 0 aliphatic carbocycles. The molecule has 1 unspecified atom stereocenters. The summed E-state index contributed by atoms with van der Waals surface area (Å²) in [6, 6.07) is 10.4. The van der Waals surface area contributed by atoms with E-state index in [-0.39, 0.29) is 0 Å². The third kappa shape index (κ3) is 3.69. The minimum Gasteiger partial charge on any atom is -0.384 e. The van der Waals surface area contributed by atoms with Crippen LogP contribution in [0, 0.1) is 5.92 Å². The molecule has 19 heavy (non-hydrogen) atoms. The van der Waals surface area contributed by atoms with Gasteiger partial charge in [-0.25, -0.2) is 0 Å². The number of hydrogen-bond donors (Lipinski definition) is 1. The van der Waals surface area contributed by atoms with E-state index in [1.54, 1.807) is 0 Å².